The van der Waals surface area contributed by atoms with E-state index in [0.717, 1.165) is 24.1 Å². The molecule has 2 amide bonds. The van der Waals surface area contributed by atoms with Crippen molar-refractivity contribution in [3.63, 3.8) is 0 Å². The summed E-state index contributed by atoms with van der Waals surface area (Å²) < 4.78 is 0. The minimum atomic E-state index is -0.391. The van der Waals surface area contributed by atoms with Crippen molar-refractivity contribution in [1.29, 1.82) is 0 Å². The molecule has 1 saturated heterocycles. The summed E-state index contributed by atoms with van der Waals surface area (Å²) in [5, 5.41) is 5.95. The fourth-order valence-corrected chi connectivity index (χ4v) is 4.03. The zero-order valence-electron chi connectivity index (χ0n) is 13.9. The van der Waals surface area contributed by atoms with Crippen molar-refractivity contribution in [2.75, 3.05) is 5.32 Å². The number of aryl methyl sites for hydroxylation is 1. The maximum absolute atomic E-state index is 12.2. The lowest BCUT2D eigenvalue weighted by atomic mass is 9.96. The highest BCUT2D eigenvalue weighted by Gasteiger charge is 2.32. The Morgan fingerprint density at radius 2 is 1.96 bits per heavy atom. The number of carbonyl (C=O) groups is 2. The minimum absolute atomic E-state index is 0.117. The summed E-state index contributed by atoms with van der Waals surface area (Å²) in [7, 11) is 0. The van der Waals surface area contributed by atoms with Crippen molar-refractivity contribution in [3.05, 3.63) is 29.8 Å². The van der Waals surface area contributed by atoms with E-state index >= 15 is 0 Å². The fraction of sp³-hybridized carbons (Fsp3) is 0.500. The maximum Gasteiger partial charge on any atom is 0.240 e. The number of hydrogen-bond donors (Lipinski definition) is 2. The summed E-state index contributed by atoms with van der Waals surface area (Å²) >= 11 is 1.38. The lowest BCUT2D eigenvalue weighted by Crippen LogP contribution is -2.28. The van der Waals surface area contributed by atoms with Gasteiger partial charge in [-0.15, -0.1) is 0 Å². The number of amides is 2. The molecule has 0 radical (unpaired) electrons. The number of thioether (sulfide) groups is 1. The van der Waals surface area contributed by atoms with Gasteiger partial charge < -0.3 is 10.6 Å². The molecule has 1 saturated carbocycles. The highest BCUT2D eigenvalue weighted by Crippen LogP contribution is 2.26. The number of aliphatic imine (C=N–C) groups is 1. The van der Waals surface area contributed by atoms with Crippen molar-refractivity contribution < 1.29 is 9.59 Å². The summed E-state index contributed by atoms with van der Waals surface area (Å²) in [6, 6.07) is 7.95. The molecule has 1 atom stereocenters. The Bertz CT molecular complexity index is 636. The predicted molar refractivity (Wildman–Crippen MR) is 98.3 cm³/mol. The molecule has 128 valence electrons. The lowest BCUT2D eigenvalue weighted by Gasteiger charge is -2.17. The molecule has 0 bridgehead atoms. The highest BCUT2D eigenvalue weighted by atomic mass is 32.2. The second-order valence-electron chi connectivity index (χ2n) is 6.44. The van der Waals surface area contributed by atoms with E-state index in [2.05, 4.69) is 15.6 Å². The topological polar surface area (TPSA) is 70.6 Å². The van der Waals surface area contributed by atoms with Gasteiger partial charge in [-0.1, -0.05) is 48.7 Å². The van der Waals surface area contributed by atoms with E-state index in [-0.39, 0.29) is 18.2 Å². The number of carbonyl (C=O) groups excluding carboxylic acids is 2. The molecule has 3 rings (SSSR count). The minimum Gasteiger partial charge on any atom is -0.326 e. The van der Waals surface area contributed by atoms with Crippen LogP contribution >= 0.6 is 11.8 Å². The average Bonchev–Trinajstić information content (AvgIpc) is 2.90. The van der Waals surface area contributed by atoms with Gasteiger partial charge in [-0.2, -0.15) is 0 Å². The maximum atomic E-state index is 12.2. The molecular formula is C18H23N3O2S. The Hall–Kier alpha value is -1.82. The lowest BCUT2D eigenvalue weighted by molar-refractivity contribution is -0.122. The van der Waals surface area contributed by atoms with E-state index in [9.17, 15) is 9.59 Å². The largest absolute Gasteiger partial charge is 0.326 e. The fourth-order valence-electron chi connectivity index (χ4n) is 2.99. The van der Waals surface area contributed by atoms with Crippen LogP contribution in [0, 0.1) is 6.92 Å². The van der Waals surface area contributed by atoms with Crippen LogP contribution in [0.2, 0.25) is 0 Å². The third-order valence-corrected chi connectivity index (χ3v) is 5.45. The molecule has 2 fully saturated rings. The zero-order valence-corrected chi connectivity index (χ0v) is 14.7. The van der Waals surface area contributed by atoms with E-state index < -0.39 is 5.25 Å². The number of hydrogen-bond acceptors (Lipinski definition) is 4. The van der Waals surface area contributed by atoms with E-state index in [1.807, 2.05) is 31.2 Å². The molecular weight excluding hydrogens is 322 g/mol. The standard InChI is InChI=1S/C18H23N3O2S/c1-12-7-9-14(10-8-12)19-16(22)11-15-17(23)21-18(24-15)20-13-5-3-2-4-6-13/h7-10,13,15H,2-6,11H2,1H3,(H,19,22)(H,20,21,23)/t15-/m1/s1. The summed E-state index contributed by atoms with van der Waals surface area (Å²) in [5.74, 6) is -0.265. The van der Waals surface area contributed by atoms with Gasteiger partial charge in [0, 0.05) is 12.1 Å². The monoisotopic (exact) mass is 345 g/mol. The number of anilines is 1. The van der Waals surface area contributed by atoms with Gasteiger partial charge >= 0.3 is 0 Å². The number of amidine groups is 1. The summed E-state index contributed by atoms with van der Waals surface area (Å²) in [5.41, 5.74) is 1.90. The molecule has 1 aliphatic carbocycles. The van der Waals surface area contributed by atoms with E-state index in [1.165, 1.54) is 31.0 Å². The van der Waals surface area contributed by atoms with Crippen molar-refractivity contribution in [1.82, 2.24) is 5.32 Å². The zero-order chi connectivity index (χ0) is 16.9. The van der Waals surface area contributed by atoms with Gasteiger partial charge in [0.05, 0.1) is 6.04 Å². The Kier molecular flexibility index (Phi) is 5.56. The normalized spacial score (nSPS) is 23.3. The van der Waals surface area contributed by atoms with Crippen molar-refractivity contribution in [2.24, 2.45) is 4.99 Å². The van der Waals surface area contributed by atoms with E-state index in [0.29, 0.717) is 11.2 Å². The Morgan fingerprint density at radius 1 is 1.25 bits per heavy atom. The van der Waals surface area contributed by atoms with Gasteiger partial charge in [-0.05, 0) is 31.9 Å². The highest BCUT2D eigenvalue weighted by molar-refractivity contribution is 8.15. The first kappa shape index (κ1) is 17.0. The third-order valence-electron chi connectivity index (χ3n) is 4.36. The molecule has 1 heterocycles. The quantitative estimate of drug-likeness (QED) is 0.880. The molecule has 1 aromatic carbocycles. The van der Waals surface area contributed by atoms with Crippen LogP contribution in [0.15, 0.2) is 29.3 Å². The number of benzene rings is 1. The molecule has 1 aromatic rings. The number of nitrogens with one attached hydrogen (secondary N) is 2. The molecule has 1 aliphatic heterocycles. The van der Waals surface area contributed by atoms with Crippen LogP contribution in [0.3, 0.4) is 0 Å². The van der Waals surface area contributed by atoms with Crippen molar-refractivity contribution in [3.8, 4) is 0 Å². The van der Waals surface area contributed by atoms with Gasteiger partial charge in [0.25, 0.3) is 0 Å². The van der Waals surface area contributed by atoms with Crippen LogP contribution in [-0.4, -0.2) is 28.3 Å². The smallest absolute Gasteiger partial charge is 0.240 e. The summed E-state index contributed by atoms with van der Waals surface area (Å²) in [6.45, 7) is 2.00. The second-order valence-corrected chi connectivity index (χ2v) is 7.63. The number of nitrogens with zero attached hydrogens (tertiary/aromatic N) is 1. The second kappa shape index (κ2) is 7.83. The molecule has 6 heteroatoms. The van der Waals surface area contributed by atoms with Crippen LogP contribution in [0.5, 0.6) is 0 Å². The van der Waals surface area contributed by atoms with E-state index in [1.54, 1.807) is 0 Å². The first-order chi connectivity index (χ1) is 11.6. The van der Waals surface area contributed by atoms with Crippen molar-refractivity contribution in [2.45, 2.75) is 56.7 Å². The molecule has 0 unspecified atom stereocenters. The van der Waals surface area contributed by atoms with Crippen LogP contribution in [0.4, 0.5) is 5.69 Å². The molecule has 24 heavy (non-hydrogen) atoms. The average molecular weight is 345 g/mol. The van der Waals surface area contributed by atoms with Gasteiger partial charge in [0.2, 0.25) is 11.8 Å². The molecule has 0 spiro atoms. The molecule has 5 nitrogen and oxygen atoms in total. The van der Waals surface area contributed by atoms with Crippen molar-refractivity contribution >= 4 is 34.4 Å². The van der Waals surface area contributed by atoms with Crippen LogP contribution < -0.4 is 10.6 Å². The van der Waals surface area contributed by atoms with Gasteiger partial charge in [0.15, 0.2) is 5.17 Å². The third kappa shape index (κ3) is 4.60. The van der Waals surface area contributed by atoms with Gasteiger partial charge in [0.1, 0.15) is 5.25 Å². The SMILES string of the molecule is Cc1ccc(NC(=O)C[C@H]2SC(=NC3CCCCC3)NC2=O)cc1. The van der Waals surface area contributed by atoms with E-state index in [4.69, 9.17) is 0 Å². The number of rotatable bonds is 4. The molecule has 2 N–H and O–H groups in total. The Morgan fingerprint density at radius 3 is 2.67 bits per heavy atom. The Labute approximate surface area is 146 Å². The Balaban J connectivity index is 1.53. The van der Waals surface area contributed by atoms with Crippen LogP contribution in [-0.2, 0) is 9.59 Å². The van der Waals surface area contributed by atoms with Crippen LogP contribution in [0.1, 0.15) is 44.1 Å². The first-order valence-electron chi connectivity index (χ1n) is 8.52. The summed E-state index contributed by atoms with van der Waals surface area (Å²) in [6.07, 6.45) is 6.05. The van der Waals surface area contributed by atoms with Crippen LogP contribution in [0.25, 0.3) is 0 Å². The summed E-state index contributed by atoms with van der Waals surface area (Å²) in [4.78, 5) is 28.9. The molecule has 0 aromatic heterocycles. The van der Waals surface area contributed by atoms with Gasteiger partial charge in [-0.25, -0.2) is 0 Å². The predicted octanol–water partition coefficient (Wildman–Crippen LogP) is 3.24. The first-order valence-corrected chi connectivity index (χ1v) is 9.40. The molecule has 2 aliphatic rings. The van der Waals surface area contributed by atoms with Gasteiger partial charge in [-0.3, -0.25) is 14.6 Å².